The number of hydrogen-bond acceptors (Lipinski definition) is 6. The highest BCUT2D eigenvalue weighted by molar-refractivity contribution is 6.30. The van der Waals surface area contributed by atoms with Crippen LogP contribution in [0.25, 0.3) is 11.0 Å². The summed E-state index contributed by atoms with van der Waals surface area (Å²) in [5.74, 6) is -0.0246. The van der Waals surface area contributed by atoms with Crippen molar-refractivity contribution in [3.63, 3.8) is 0 Å². The fourth-order valence-electron chi connectivity index (χ4n) is 2.79. The molecule has 1 aromatic heterocycles. The largest absolute Gasteiger partial charge is 0.508 e. The zero-order valence-electron chi connectivity index (χ0n) is 14.7. The molecule has 0 atom stereocenters. The second-order valence-electron chi connectivity index (χ2n) is 6.09. The van der Waals surface area contributed by atoms with E-state index in [-0.39, 0.29) is 24.5 Å². The third-order valence-corrected chi connectivity index (χ3v) is 4.18. The van der Waals surface area contributed by atoms with Gasteiger partial charge in [-0.1, -0.05) is 11.6 Å². The molecule has 3 aromatic rings. The Morgan fingerprint density at radius 1 is 1.15 bits per heavy atom. The van der Waals surface area contributed by atoms with Crippen molar-refractivity contribution in [2.45, 2.75) is 20.5 Å². The third kappa shape index (κ3) is 4.41. The fraction of sp³-hybridized carbons (Fsp3) is 0.200. The van der Waals surface area contributed by atoms with Gasteiger partial charge in [0.05, 0.1) is 0 Å². The number of carbonyl (C=O) groups excluding carboxylic acids is 1. The minimum absolute atomic E-state index is 0.0260. The van der Waals surface area contributed by atoms with Crippen LogP contribution in [0.15, 0.2) is 45.6 Å². The molecule has 0 saturated carbocycles. The van der Waals surface area contributed by atoms with E-state index in [1.165, 1.54) is 18.2 Å². The van der Waals surface area contributed by atoms with Gasteiger partial charge in [0.15, 0.2) is 6.61 Å². The number of benzene rings is 2. The topological polar surface area (TPSA) is 86.0 Å². The SMILES string of the molecule is Cc1cc(Cl)cc(C)c1OCC(=O)OCc1cc(=O)oc2cc(O)ccc12. The number of esters is 1. The normalized spacial score (nSPS) is 10.8. The summed E-state index contributed by atoms with van der Waals surface area (Å²) in [7, 11) is 0. The van der Waals surface area contributed by atoms with Gasteiger partial charge in [0.2, 0.25) is 0 Å². The van der Waals surface area contributed by atoms with E-state index < -0.39 is 11.6 Å². The van der Waals surface area contributed by atoms with Gasteiger partial charge in [0, 0.05) is 28.1 Å². The van der Waals surface area contributed by atoms with Gasteiger partial charge in [0.25, 0.3) is 0 Å². The van der Waals surface area contributed by atoms with Gasteiger partial charge < -0.3 is 19.0 Å². The van der Waals surface area contributed by atoms with Crippen molar-refractivity contribution in [2.75, 3.05) is 6.61 Å². The fourth-order valence-corrected chi connectivity index (χ4v) is 3.12. The lowest BCUT2D eigenvalue weighted by Gasteiger charge is -2.12. The summed E-state index contributed by atoms with van der Waals surface area (Å²) < 4.78 is 15.8. The molecule has 0 aliphatic carbocycles. The monoisotopic (exact) mass is 388 g/mol. The molecule has 140 valence electrons. The Bertz CT molecular complexity index is 1050. The first kappa shape index (κ1) is 18.8. The van der Waals surface area contributed by atoms with E-state index in [2.05, 4.69) is 0 Å². The van der Waals surface area contributed by atoms with Gasteiger partial charge in [-0.05, 0) is 49.2 Å². The Morgan fingerprint density at radius 2 is 1.85 bits per heavy atom. The predicted molar refractivity (Wildman–Crippen MR) is 100 cm³/mol. The van der Waals surface area contributed by atoms with Gasteiger partial charge >= 0.3 is 11.6 Å². The van der Waals surface area contributed by atoms with Gasteiger partial charge in [-0.3, -0.25) is 0 Å². The van der Waals surface area contributed by atoms with Crippen LogP contribution >= 0.6 is 11.6 Å². The summed E-state index contributed by atoms with van der Waals surface area (Å²) in [6.07, 6.45) is 0. The second kappa shape index (κ2) is 7.72. The minimum atomic E-state index is -0.595. The molecule has 6 nitrogen and oxygen atoms in total. The first-order valence-electron chi connectivity index (χ1n) is 8.14. The first-order valence-corrected chi connectivity index (χ1v) is 8.52. The molecule has 0 aliphatic rings. The lowest BCUT2D eigenvalue weighted by molar-refractivity contribution is -0.147. The lowest BCUT2D eigenvalue weighted by Crippen LogP contribution is -2.16. The molecular formula is C20H17ClO6. The summed E-state index contributed by atoms with van der Waals surface area (Å²) >= 11 is 5.98. The summed E-state index contributed by atoms with van der Waals surface area (Å²) in [5, 5.41) is 10.7. The molecule has 1 heterocycles. The van der Waals surface area contributed by atoms with Crippen LogP contribution in [0.5, 0.6) is 11.5 Å². The Kier molecular flexibility index (Phi) is 5.37. The third-order valence-electron chi connectivity index (χ3n) is 3.96. The number of rotatable bonds is 5. The molecule has 0 saturated heterocycles. The summed E-state index contributed by atoms with van der Waals surface area (Å²) in [6.45, 7) is 3.28. The standard InChI is InChI=1S/C20H17ClO6/c1-11-5-14(21)6-12(2)20(11)26-10-19(24)25-9-13-7-18(23)27-17-8-15(22)3-4-16(13)17/h3-8,22H,9-10H2,1-2H3. The zero-order valence-corrected chi connectivity index (χ0v) is 15.5. The van der Waals surface area contributed by atoms with E-state index in [9.17, 15) is 14.7 Å². The number of phenols is 1. The zero-order chi connectivity index (χ0) is 19.6. The number of phenolic OH excluding ortho intramolecular Hbond substituents is 1. The van der Waals surface area contributed by atoms with Crippen LogP contribution in [0.2, 0.25) is 5.02 Å². The molecule has 0 unspecified atom stereocenters. The van der Waals surface area contributed by atoms with Crippen LogP contribution in [-0.4, -0.2) is 17.7 Å². The minimum Gasteiger partial charge on any atom is -0.508 e. The smallest absolute Gasteiger partial charge is 0.344 e. The van der Waals surface area contributed by atoms with Crippen LogP contribution in [0.3, 0.4) is 0 Å². The van der Waals surface area contributed by atoms with Crippen molar-refractivity contribution < 1.29 is 23.8 Å². The van der Waals surface area contributed by atoms with E-state index in [4.69, 9.17) is 25.5 Å². The maximum Gasteiger partial charge on any atom is 0.344 e. The number of ether oxygens (including phenoxy) is 2. The first-order chi connectivity index (χ1) is 12.8. The summed E-state index contributed by atoms with van der Waals surface area (Å²) in [4.78, 5) is 23.7. The maximum absolute atomic E-state index is 12.0. The van der Waals surface area contributed by atoms with E-state index in [0.29, 0.717) is 21.7 Å². The highest BCUT2D eigenvalue weighted by Gasteiger charge is 2.12. The number of carbonyl (C=O) groups is 1. The average Bonchev–Trinajstić information content (AvgIpc) is 2.58. The highest BCUT2D eigenvalue weighted by atomic mass is 35.5. The number of aryl methyl sites for hydroxylation is 2. The summed E-state index contributed by atoms with van der Waals surface area (Å²) in [6, 6.07) is 9.13. The Morgan fingerprint density at radius 3 is 2.56 bits per heavy atom. The van der Waals surface area contributed by atoms with Crippen molar-refractivity contribution >= 4 is 28.5 Å². The highest BCUT2D eigenvalue weighted by Crippen LogP contribution is 2.27. The summed E-state index contributed by atoms with van der Waals surface area (Å²) in [5.41, 5.74) is 1.74. The van der Waals surface area contributed by atoms with Gasteiger partial charge in [-0.25, -0.2) is 9.59 Å². The molecule has 0 bridgehead atoms. The van der Waals surface area contributed by atoms with Crippen LogP contribution in [0.4, 0.5) is 0 Å². The molecule has 0 spiro atoms. The number of halogens is 1. The van der Waals surface area contributed by atoms with Gasteiger partial charge in [0.1, 0.15) is 23.7 Å². The molecule has 2 aromatic carbocycles. The Balaban J connectivity index is 1.68. The predicted octanol–water partition coefficient (Wildman–Crippen LogP) is 3.89. The van der Waals surface area contributed by atoms with Crippen molar-refractivity contribution in [1.29, 1.82) is 0 Å². The molecule has 3 rings (SSSR count). The van der Waals surface area contributed by atoms with Crippen molar-refractivity contribution in [3.05, 3.63) is 68.5 Å². The Hall–Kier alpha value is -2.99. The second-order valence-corrected chi connectivity index (χ2v) is 6.53. The van der Waals surface area contributed by atoms with Crippen molar-refractivity contribution in [1.82, 2.24) is 0 Å². The van der Waals surface area contributed by atoms with E-state index >= 15 is 0 Å². The van der Waals surface area contributed by atoms with Crippen LogP contribution in [-0.2, 0) is 16.1 Å². The van der Waals surface area contributed by atoms with Crippen molar-refractivity contribution in [3.8, 4) is 11.5 Å². The number of aromatic hydroxyl groups is 1. The van der Waals surface area contributed by atoms with Crippen molar-refractivity contribution in [2.24, 2.45) is 0 Å². The van der Waals surface area contributed by atoms with E-state index in [0.717, 1.165) is 11.1 Å². The van der Waals surface area contributed by atoms with Gasteiger partial charge in [-0.15, -0.1) is 0 Å². The molecule has 0 fully saturated rings. The van der Waals surface area contributed by atoms with Gasteiger partial charge in [-0.2, -0.15) is 0 Å². The van der Waals surface area contributed by atoms with Crippen LogP contribution in [0, 0.1) is 13.8 Å². The molecule has 27 heavy (non-hydrogen) atoms. The van der Waals surface area contributed by atoms with E-state index in [1.807, 2.05) is 13.8 Å². The molecule has 7 heteroatoms. The number of hydrogen-bond donors (Lipinski definition) is 1. The number of fused-ring (bicyclic) bond motifs is 1. The lowest BCUT2D eigenvalue weighted by atomic mass is 10.1. The molecule has 1 N–H and O–H groups in total. The average molecular weight is 389 g/mol. The molecule has 0 aliphatic heterocycles. The quantitative estimate of drug-likeness (QED) is 0.527. The van der Waals surface area contributed by atoms with E-state index in [1.54, 1.807) is 18.2 Å². The molecule has 0 amide bonds. The maximum atomic E-state index is 12.0. The molecule has 0 radical (unpaired) electrons. The van der Waals surface area contributed by atoms with Crippen LogP contribution < -0.4 is 10.4 Å². The van der Waals surface area contributed by atoms with Crippen LogP contribution in [0.1, 0.15) is 16.7 Å². The molecular weight excluding hydrogens is 372 g/mol. The Labute approximate surface area is 159 Å².